The molecule has 104 valence electrons. The van der Waals surface area contributed by atoms with E-state index in [0.717, 1.165) is 11.1 Å². The van der Waals surface area contributed by atoms with E-state index in [4.69, 9.17) is 17.3 Å². The first-order chi connectivity index (χ1) is 9.56. The lowest BCUT2D eigenvalue weighted by molar-refractivity contribution is -0.121. The molecule has 0 spiro atoms. The summed E-state index contributed by atoms with van der Waals surface area (Å²) in [5.41, 5.74) is 8.24. The molecule has 0 aliphatic heterocycles. The molecule has 2 aromatic carbocycles. The maximum Gasteiger partial charge on any atom is 0.224 e. The summed E-state index contributed by atoms with van der Waals surface area (Å²) in [6, 6.07) is 14.8. The number of halogens is 1. The fourth-order valence-electron chi connectivity index (χ4n) is 2.02. The highest BCUT2D eigenvalue weighted by Crippen LogP contribution is 2.17. The Morgan fingerprint density at radius 1 is 1.25 bits per heavy atom. The molecule has 2 aromatic rings. The van der Waals surface area contributed by atoms with Crippen LogP contribution < -0.4 is 11.1 Å². The molecule has 0 heterocycles. The molecule has 0 saturated carbocycles. The van der Waals surface area contributed by atoms with E-state index >= 15 is 0 Å². The van der Waals surface area contributed by atoms with Crippen molar-refractivity contribution in [1.29, 1.82) is 0 Å². The second-order valence-electron chi connectivity index (χ2n) is 4.73. The van der Waals surface area contributed by atoms with Crippen molar-refractivity contribution in [2.45, 2.75) is 19.4 Å². The van der Waals surface area contributed by atoms with Gasteiger partial charge >= 0.3 is 0 Å². The topological polar surface area (TPSA) is 55.1 Å². The van der Waals surface area contributed by atoms with Crippen molar-refractivity contribution >= 4 is 23.2 Å². The first-order valence-corrected chi connectivity index (χ1v) is 6.82. The third kappa shape index (κ3) is 3.75. The van der Waals surface area contributed by atoms with Gasteiger partial charge in [0.15, 0.2) is 0 Å². The van der Waals surface area contributed by atoms with Gasteiger partial charge in [0.05, 0.1) is 12.5 Å². The van der Waals surface area contributed by atoms with Crippen molar-refractivity contribution in [3.05, 3.63) is 64.7 Å². The molecule has 0 fully saturated rings. The van der Waals surface area contributed by atoms with Crippen molar-refractivity contribution in [2.24, 2.45) is 0 Å². The van der Waals surface area contributed by atoms with Crippen LogP contribution in [0.3, 0.4) is 0 Å². The number of anilines is 1. The Hall–Kier alpha value is -2.00. The number of amides is 1. The third-order valence-electron chi connectivity index (χ3n) is 3.10. The van der Waals surface area contributed by atoms with Crippen LogP contribution in [0.1, 0.15) is 24.1 Å². The molecule has 1 atom stereocenters. The molecule has 4 heteroatoms. The minimum Gasteiger partial charge on any atom is -0.399 e. The summed E-state index contributed by atoms with van der Waals surface area (Å²) in [7, 11) is 0. The average Bonchev–Trinajstić information content (AvgIpc) is 2.41. The zero-order valence-electron chi connectivity index (χ0n) is 11.3. The Bertz CT molecular complexity index is 613. The Labute approximate surface area is 123 Å². The van der Waals surface area contributed by atoms with Gasteiger partial charge in [0, 0.05) is 10.7 Å². The highest BCUT2D eigenvalue weighted by Gasteiger charge is 2.11. The van der Waals surface area contributed by atoms with Gasteiger partial charge in [0.2, 0.25) is 5.91 Å². The predicted molar refractivity (Wildman–Crippen MR) is 82.6 cm³/mol. The smallest absolute Gasteiger partial charge is 0.224 e. The predicted octanol–water partition coefficient (Wildman–Crippen LogP) is 3.34. The van der Waals surface area contributed by atoms with E-state index in [9.17, 15) is 4.79 Å². The van der Waals surface area contributed by atoms with Crippen LogP contribution in [0.2, 0.25) is 5.02 Å². The highest BCUT2D eigenvalue weighted by molar-refractivity contribution is 6.31. The molecule has 0 aliphatic rings. The normalized spacial score (nSPS) is 11.9. The van der Waals surface area contributed by atoms with Gasteiger partial charge < -0.3 is 11.1 Å². The lowest BCUT2D eigenvalue weighted by atomic mass is 10.1. The van der Waals surface area contributed by atoms with Crippen molar-refractivity contribution in [1.82, 2.24) is 5.32 Å². The third-order valence-corrected chi connectivity index (χ3v) is 3.47. The van der Waals surface area contributed by atoms with Gasteiger partial charge in [-0.15, -0.1) is 0 Å². The summed E-state index contributed by atoms with van der Waals surface area (Å²) in [6.07, 6.45) is 0.270. The van der Waals surface area contributed by atoms with E-state index in [-0.39, 0.29) is 18.4 Å². The molecule has 2 rings (SSSR count). The number of benzene rings is 2. The van der Waals surface area contributed by atoms with Crippen molar-refractivity contribution in [3.63, 3.8) is 0 Å². The monoisotopic (exact) mass is 288 g/mol. The SMILES string of the molecule is CC(NC(=O)Cc1ccccc1Cl)c1cccc(N)c1. The fourth-order valence-corrected chi connectivity index (χ4v) is 2.22. The molecule has 0 saturated heterocycles. The van der Waals surface area contributed by atoms with Gasteiger partial charge in [-0.2, -0.15) is 0 Å². The first kappa shape index (κ1) is 14.4. The van der Waals surface area contributed by atoms with Gasteiger partial charge in [-0.3, -0.25) is 4.79 Å². The van der Waals surface area contributed by atoms with Crippen LogP contribution in [-0.4, -0.2) is 5.91 Å². The standard InChI is InChI=1S/C16H17ClN2O/c1-11(12-6-4-7-14(18)9-12)19-16(20)10-13-5-2-3-8-15(13)17/h2-9,11H,10,18H2,1H3,(H,19,20). The fraction of sp³-hybridized carbons (Fsp3) is 0.188. The van der Waals surface area contributed by atoms with Crippen LogP contribution in [0.25, 0.3) is 0 Å². The minimum atomic E-state index is -0.0894. The molecule has 0 radical (unpaired) electrons. The van der Waals surface area contributed by atoms with Crippen molar-refractivity contribution < 1.29 is 4.79 Å². The molecular formula is C16H17ClN2O. The number of nitrogen functional groups attached to an aromatic ring is 1. The molecule has 3 N–H and O–H groups in total. The van der Waals surface area contributed by atoms with Gasteiger partial charge in [-0.05, 0) is 36.2 Å². The summed E-state index contributed by atoms with van der Waals surface area (Å²) in [5, 5.41) is 3.56. The molecular weight excluding hydrogens is 272 g/mol. The van der Waals surface area contributed by atoms with Crippen LogP contribution in [0.5, 0.6) is 0 Å². The maximum atomic E-state index is 12.0. The summed E-state index contributed by atoms with van der Waals surface area (Å²) in [4.78, 5) is 12.0. The van der Waals surface area contributed by atoms with E-state index in [1.54, 1.807) is 6.07 Å². The van der Waals surface area contributed by atoms with E-state index in [0.29, 0.717) is 10.7 Å². The lowest BCUT2D eigenvalue weighted by Crippen LogP contribution is -2.28. The second kappa shape index (κ2) is 6.44. The molecule has 1 amide bonds. The summed E-state index contributed by atoms with van der Waals surface area (Å²) in [5.74, 6) is -0.0620. The van der Waals surface area contributed by atoms with Crippen LogP contribution in [0.15, 0.2) is 48.5 Å². The molecule has 0 aromatic heterocycles. The van der Waals surface area contributed by atoms with Crippen LogP contribution in [-0.2, 0) is 11.2 Å². The Morgan fingerprint density at radius 2 is 2.00 bits per heavy atom. The van der Waals surface area contributed by atoms with E-state index in [1.165, 1.54) is 0 Å². The van der Waals surface area contributed by atoms with Gasteiger partial charge in [-0.25, -0.2) is 0 Å². The van der Waals surface area contributed by atoms with Gasteiger partial charge in [-0.1, -0.05) is 41.9 Å². The number of hydrogen-bond donors (Lipinski definition) is 2. The summed E-state index contributed by atoms with van der Waals surface area (Å²) in [6.45, 7) is 1.93. The maximum absolute atomic E-state index is 12.0. The molecule has 0 bridgehead atoms. The minimum absolute atomic E-state index is 0.0620. The van der Waals surface area contributed by atoms with E-state index in [1.807, 2.05) is 49.4 Å². The number of carbonyl (C=O) groups is 1. The zero-order valence-corrected chi connectivity index (χ0v) is 12.0. The summed E-state index contributed by atoms with van der Waals surface area (Å²) >= 11 is 6.05. The number of carbonyl (C=O) groups excluding carboxylic acids is 1. The lowest BCUT2D eigenvalue weighted by Gasteiger charge is -2.15. The zero-order chi connectivity index (χ0) is 14.5. The Morgan fingerprint density at radius 3 is 2.70 bits per heavy atom. The number of nitrogens with two attached hydrogens (primary N) is 1. The quantitative estimate of drug-likeness (QED) is 0.848. The van der Waals surface area contributed by atoms with E-state index < -0.39 is 0 Å². The summed E-state index contributed by atoms with van der Waals surface area (Å²) < 4.78 is 0. The van der Waals surface area contributed by atoms with E-state index in [2.05, 4.69) is 5.32 Å². The van der Waals surface area contributed by atoms with Crippen LogP contribution in [0.4, 0.5) is 5.69 Å². The number of rotatable bonds is 4. The first-order valence-electron chi connectivity index (χ1n) is 6.44. The number of nitrogens with one attached hydrogen (secondary N) is 1. The van der Waals surface area contributed by atoms with Crippen molar-refractivity contribution in [2.75, 3.05) is 5.73 Å². The second-order valence-corrected chi connectivity index (χ2v) is 5.13. The van der Waals surface area contributed by atoms with Crippen LogP contribution in [0, 0.1) is 0 Å². The Balaban J connectivity index is 2.00. The molecule has 3 nitrogen and oxygen atoms in total. The molecule has 20 heavy (non-hydrogen) atoms. The Kier molecular flexibility index (Phi) is 4.64. The number of hydrogen-bond acceptors (Lipinski definition) is 2. The average molecular weight is 289 g/mol. The van der Waals surface area contributed by atoms with Gasteiger partial charge in [0.1, 0.15) is 0 Å². The van der Waals surface area contributed by atoms with Crippen LogP contribution >= 0.6 is 11.6 Å². The highest BCUT2D eigenvalue weighted by atomic mass is 35.5. The largest absolute Gasteiger partial charge is 0.399 e. The van der Waals surface area contributed by atoms with Crippen molar-refractivity contribution in [3.8, 4) is 0 Å². The molecule has 0 aliphatic carbocycles. The van der Waals surface area contributed by atoms with Gasteiger partial charge in [0.25, 0.3) is 0 Å². The molecule has 1 unspecified atom stereocenters.